The van der Waals surface area contributed by atoms with Crippen LogP contribution in [0.3, 0.4) is 0 Å². The van der Waals surface area contributed by atoms with E-state index in [9.17, 15) is 5.11 Å². The Hall–Kier alpha value is -0.480. The number of aliphatic hydroxyl groups is 1. The fraction of sp³-hybridized carbons (Fsp3) is 0.714. The molecule has 0 spiro atoms. The van der Waals surface area contributed by atoms with E-state index < -0.39 is 5.60 Å². The van der Waals surface area contributed by atoms with Crippen molar-refractivity contribution in [2.75, 3.05) is 0 Å². The van der Waals surface area contributed by atoms with Gasteiger partial charge in [-0.1, -0.05) is 11.4 Å². The Morgan fingerprint density at radius 2 is 2.45 bits per heavy atom. The zero-order valence-corrected chi connectivity index (χ0v) is 7.56. The molecule has 0 aromatic carbocycles. The Balaban J connectivity index is 2.56. The minimum Gasteiger partial charge on any atom is -0.390 e. The molecule has 0 amide bonds. The van der Waals surface area contributed by atoms with Gasteiger partial charge in [0.2, 0.25) is 0 Å². The number of rotatable bonds is 3. The molecule has 0 aliphatic heterocycles. The van der Waals surface area contributed by atoms with Crippen molar-refractivity contribution in [2.45, 2.75) is 32.3 Å². The van der Waals surface area contributed by atoms with Gasteiger partial charge in [0, 0.05) is 11.8 Å². The molecule has 0 bridgehead atoms. The van der Waals surface area contributed by atoms with E-state index in [0.717, 1.165) is 12.1 Å². The van der Waals surface area contributed by atoms with E-state index in [1.807, 2.05) is 19.2 Å². The van der Waals surface area contributed by atoms with Gasteiger partial charge in [-0.25, -0.2) is 0 Å². The van der Waals surface area contributed by atoms with Gasteiger partial charge in [-0.3, -0.25) is 0 Å². The second kappa shape index (κ2) is 3.28. The monoisotopic (exact) mass is 172 g/mol. The molecule has 1 heterocycles. The predicted molar refractivity (Wildman–Crippen MR) is 44.5 cm³/mol. The van der Waals surface area contributed by atoms with Crippen molar-refractivity contribution in [3.8, 4) is 0 Å². The molecule has 1 atom stereocenters. The second-order valence-corrected chi connectivity index (χ2v) is 3.53. The van der Waals surface area contributed by atoms with Gasteiger partial charge in [-0.05, 0) is 24.9 Å². The molecular formula is C7H12N2OS. The third kappa shape index (κ3) is 2.55. The first-order valence-electron chi connectivity index (χ1n) is 3.62. The van der Waals surface area contributed by atoms with Gasteiger partial charge in [-0.15, -0.1) is 5.10 Å². The number of aromatic nitrogens is 2. The molecular weight excluding hydrogens is 160 g/mol. The lowest BCUT2D eigenvalue weighted by Crippen LogP contribution is -2.25. The molecule has 1 N–H and O–H groups in total. The third-order valence-corrected chi connectivity index (χ3v) is 2.28. The second-order valence-electron chi connectivity index (χ2n) is 2.92. The Kier molecular flexibility index (Phi) is 2.57. The Morgan fingerprint density at radius 1 is 1.73 bits per heavy atom. The largest absolute Gasteiger partial charge is 0.390 e. The zero-order chi connectivity index (χ0) is 8.32. The van der Waals surface area contributed by atoms with Crippen LogP contribution in [-0.2, 0) is 6.42 Å². The van der Waals surface area contributed by atoms with E-state index >= 15 is 0 Å². The maximum absolute atomic E-state index is 9.63. The van der Waals surface area contributed by atoms with E-state index in [0.29, 0.717) is 6.42 Å². The van der Waals surface area contributed by atoms with Crippen LogP contribution in [0.25, 0.3) is 0 Å². The van der Waals surface area contributed by atoms with Crippen molar-refractivity contribution >= 4 is 11.5 Å². The number of hydrogen-bond donors (Lipinski definition) is 1. The maximum Gasteiger partial charge on any atom is 0.0783 e. The first-order chi connectivity index (χ1) is 5.14. The molecule has 1 aromatic heterocycles. The highest BCUT2D eigenvalue weighted by Gasteiger charge is 2.19. The summed E-state index contributed by atoms with van der Waals surface area (Å²) in [5.74, 6) is 0. The molecule has 1 rings (SSSR count). The van der Waals surface area contributed by atoms with Crippen LogP contribution in [0.1, 0.15) is 26.0 Å². The molecule has 0 aliphatic rings. The van der Waals surface area contributed by atoms with Crippen molar-refractivity contribution in [3.05, 3.63) is 11.1 Å². The van der Waals surface area contributed by atoms with Crippen LogP contribution in [0.4, 0.5) is 0 Å². The van der Waals surface area contributed by atoms with Crippen molar-refractivity contribution in [1.29, 1.82) is 0 Å². The molecule has 4 heteroatoms. The van der Waals surface area contributed by atoms with Gasteiger partial charge in [0.15, 0.2) is 0 Å². The quantitative estimate of drug-likeness (QED) is 0.746. The lowest BCUT2D eigenvalue weighted by Gasteiger charge is -2.18. The van der Waals surface area contributed by atoms with Crippen LogP contribution in [0, 0.1) is 0 Å². The van der Waals surface area contributed by atoms with Crippen molar-refractivity contribution in [1.82, 2.24) is 9.59 Å². The zero-order valence-electron chi connectivity index (χ0n) is 6.74. The standard InChI is InChI=1S/C7H12N2OS/c1-3-7(2,10)4-6-5-11-9-8-6/h5,10H,3-4H2,1-2H3. The molecule has 3 nitrogen and oxygen atoms in total. The van der Waals surface area contributed by atoms with Gasteiger partial charge in [0.1, 0.15) is 0 Å². The smallest absolute Gasteiger partial charge is 0.0783 e. The first-order valence-corrected chi connectivity index (χ1v) is 4.46. The predicted octanol–water partition coefficient (Wildman–Crippen LogP) is 1.24. The van der Waals surface area contributed by atoms with Crippen LogP contribution in [0.5, 0.6) is 0 Å². The van der Waals surface area contributed by atoms with E-state index in [4.69, 9.17) is 0 Å². The molecule has 1 aromatic rings. The molecule has 0 radical (unpaired) electrons. The fourth-order valence-corrected chi connectivity index (χ4v) is 1.23. The molecule has 0 saturated heterocycles. The minimum absolute atomic E-state index is 0.597. The maximum atomic E-state index is 9.63. The highest BCUT2D eigenvalue weighted by atomic mass is 32.1. The van der Waals surface area contributed by atoms with Crippen LogP contribution in [0.2, 0.25) is 0 Å². The van der Waals surface area contributed by atoms with Gasteiger partial charge >= 0.3 is 0 Å². The van der Waals surface area contributed by atoms with Crippen molar-refractivity contribution < 1.29 is 5.11 Å². The summed E-state index contributed by atoms with van der Waals surface area (Å²) in [5.41, 5.74) is 0.248. The van der Waals surface area contributed by atoms with Gasteiger partial charge in [0.25, 0.3) is 0 Å². The van der Waals surface area contributed by atoms with Crippen molar-refractivity contribution in [3.63, 3.8) is 0 Å². The van der Waals surface area contributed by atoms with Crippen LogP contribution >= 0.6 is 11.5 Å². The highest BCUT2D eigenvalue weighted by molar-refractivity contribution is 7.03. The SMILES string of the molecule is CCC(C)(O)Cc1csnn1. The average molecular weight is 172 g/mol. The van der Waals surface area contributed by atoms with Gasteiger partial charge in [-0.2, -0.15) is 0 Å². The Bertz CT molecular complexity index is 208. The number of hydrogen-bond acceptors (Lipinski definition) is 4. The highest BCUT2D eigenvalue weighted by Crippen LogP contribution is 2.14. The first kappa shape index (κ1) is 8.62. The lowest BCUT2D eigenvalue weighted by molar-refractivity contribution is 0.0555. The van der Waals surface area contributed by atoms with Crippen LogP contribution < -0.4 is 0 Å². The van der Waals surface area contributed by atoms with E-state index in [-0.39, 0.29) is 0 Å². The summed E-state index contributed by atoms with van der Waals surface area (Å²) in [6.45, 7) is 3.77. The van der Waals surface area contributed by atoms with Crippen LogP contribution in [-0.4, -0.2) is 20.3 Å². The third-order valence-electron chi connectivity index (χ3n) is 1.73. The summed E-state index contributed by atoms with van der Waals surface area (Å²) < 4.78 is 3.72. The molecule has 1 unspecified atom stereocenters. The number of nitrogens with zero attached hydrogens (tertiary/aromatic N) is 2. The van der Waals surface area contributed by atoms with Crippen molar-refractivity contribution in [2.24, 2.45) is 0 Å². The summed E-state index contributed by atoms with van der Waals surface area (Å²) in [7, 11) is 0. The molecule has 11 heavy (non-hydrogen) atoms. The average Bonchev–Trinajstić information content (AvgIpc) is 2.39. The molecule has 0 fully saturated rings. The summed E-state index contributed by atoms with van der Waals surface area (Å²) in [6.07, 6.45) is 1.34. The van der Waals surface area contributed by atoms with E-state index in [1.54, 1.807) is 0 Å². The summed E-state index contributed by atoms with van der Waals surface area (Å²) in [5, 5.41) is 15.4. The van der Waals surface area contributed by atoms with E-state index in [1.165, 1.54) is 11.5 Å². The molecule has 62 valence electrons. The topological polar surface area (TPSA) is 46.0 Å². The summed E-state index contributed by atoms with van der Waals surface area (Å²) >= 11 is 1.32. The summed E-state index contributed by atoms with van der Waals surface area (Å²) in [4.78, 5) is 0. The summed E-state index contributed by atoms with van der Waals surface area (Å²) in [6, 6.07) is 0. The van der Waals surface area contributed by atoms with Gasteiger partial charge in [0.05, 0.1) is 11.3 Å². The van der Waals surface area contributed by atoms with Crippen LogP contribution in [0.15, 0.2) is 5.38 Å². The minimum atomic E-state index is -0.629. The molecule has 0 saturated carbocycles. The normalized spacial score (nSPS) is 16.3. The van der Waals surface area contributed by atoms with Gasteiger partial charge < -0.3 is 5.11 Å². The fourth-order valence-electron chi connectivity index (χ4n) is 0.776. The lowest BCUT2D eigenvalue weighted by atomic mass is 9.98. The molecule has 0 aliphatic carbocycles. The Labute approximate surface area is 70.2 Å². The Morgan fingerprint density at radius 3 is 2.91 bits per heavy atom. The van der Waals surface area contributed by atoms with E-state index in [2.05, 4.69) is 9.59 Å².